The van der Waals surface area contributed by atoms with Gasteiger partial charge in [0, 0.05) is 10.9 Å². The molecule has 2 aromatic heterocycles. The molecular formula is C17H14FNO2S2. The van der Waals surface area contributed by atoms with Crippen molar-refractivity contribution >= 4 is 28.6 Å². The number of benzene rings is 1. The fourth-order valence-corrected chi connectivity index (χ4v) is 3.77. The summed E-state index contributed by atoms with van der Waals surface area (Å²) in [6.45, 7) is 3.56. The van der Waals surface area contributed by atoms with Gasteiger partial charge in [0.05, 0.1) is 5.69 Å². The molecule has 0 aliphatic heterocycles. The summed E-state index contributed by atoms with van der Waals surface area (Å²) in [5.74, 6) is -0.718. The molecule has 3 rings (SSSR count). The highest BCUT2D eigenvalue weighted by Crippen LogP contribution is 2.31. The summed E-state index contributed by atoms with van der Waals surface area (Å²) in [5.41, 5.74) is 2.42. The van der Waals surface area contributed by atoms with Crippen molar-refractivity contribution in [2.75, 3.05) is 0 Å². The Hall–Kier alpha value is -2.05. The summed E-state index contributed by atoms with van der Waals surface area (Å²) in [6, 6.07) is 7.91. The van der Waals surface area contributed by atoms with Crippen LogP contribution in [0.1, 0.15) is 34.0 Å². The Kier molecular flexibility index (Phi) is 4.54. The Bertz CT molecular complexity index is 810. The molecule has 0 fully saturated rings. The molecule has 1 aromatic carbocycles. The van der Waals surface area contributed by atoms with E-state index in [2.05, 4.69) is 4.98 Å². The zero-order valence-electron chi connectivity index (χ0n) is 12.6. The van der Waals surface area contributed by atoms with E-state index in [9.17, 15) is 9.18 Å². The van der Waals surface area contributed by atoms with Gasteiger partial charge in [-0.15, -0.1) is 11.3 Å². The number of ether oxygens (including phenoxy) is 1. The van der Waals surface area contributed by atoms with E-state index in [1.54, 1.807) is 37.3 Å². The van der Waals surface area contributed by atoms with Gasteiger partial charge in [-0.05, 0) is 43.0 Å². The average Bonchev–Trinajstić information content (AvgIpc) is 3.16. The van der Waals surface area contributed by atoms with E-state index < -0.39 is 12.1 Å². The van der Waals surface area contributed by atoms with Gasteiger partial charge in [-0.25, -0.2) is 14.2 Å². The minimum atomic E-state index is -0.450. The minimum Gasteiger partial charge on any atom is -0.454 e. The van der Waals surface area contributed by atoms with Crippen LogP contribution >= 0.6 is 22.7 Å². The molecule has 6 heteroatoms. The first-order chi connectivity index (χ1) is 11.0. The molecule has 0 saturated heterocycles. The highest BCUT2D eigenvalue weighted by atomic mass is 32.1. The largest absolute Gasteiger partial charge is 0.454 e. The van der Waals surface area contributed by atoms with Crippen LogP contribution < -0.4 is 0 Å². The van der Waals surface area contributed by atoms with Crippen molar-refractivity contribution in [2.45, 2.75) is 20.0 Å². The van der Waals surface area contributed by atoms with Crippen LogP contribution in [0.5, 0.6) is 0 Å². The molecule has 23 heavy (non-hydrogen) atoms. The van der Waals surface area contributed by atoms with Crippen LogP contribution in [0, 0.1) is 12.7 Å². The van der Waals surface area contributed by atoms with Gasteiger partial charge in [-0.3, -0.25) is 0 Å². The molecule has 0 aliphatic rings. The maximum atomic E-state index is 13.0. The van der Waals surface area contributed by atoms with Crippen LogP contribution in [-0.2, 0) is 4.74 Å². The zero-order valence-corrected chi connectivity index (χ0v) is 14.2. The van der Waals surface area contributed by atoms with Gasteiger partial charge in [0.15, 0.2) is 0 Å². The molecule has 1 unspecified atom stereocenters. The molecule has 118 valence electrons. The number of aryl methyl sites for hydroxylation is 1. The van der Waals surface area contributed by atoms with E-state index in [1.807, 2.05) is 16.8 Å². The highest BCUT2D eigenvalue weighted by Gasteiger charge is 2.20. The summed E-state index contributed by atoms with van der Waals surface area (Å²) in [7, 11) is 0. The third kappa shape index (κ3) is 3.48. The monoisotopic (exact) mass is 347 g/mol. The number of halogens is 1. The van der Waals surface area contributed by atoms with Crippen LogP contribution in [0.15, 0.2) is 41.1 Å². The van der Waals surface area contributed by atoms with Crippen molar-refractivity contribution in [3.8, 4) is 10.6 Å². The first-order valence-electron chi connectivity index (χ1n) is 7.01. The van der Waals surface area contributed by atoms with E-state index in [1.165, 1.54) is 23.5 Å². The lowest BCUT2D eigenvalue weighted by molar-refractivity contribution is 0.0342. The predicted octanol–water partition coefficient (Wildman–Crippen LogP) is 5.24. The van der Waals surface area contributed by atoms with Crippen LogP contribution in [0.4, 0.5) is 4.39 Å². The number of nitrogens with zero attached hydrogens (tertiary/aromatic N) is 1. The average molecular weight is 347 g/mol. The normalized spacial score (nSPS) is 12.1. The van der Waals surface area contributed by atoms with Gasteiger partial charge < -0.3 is 4.74 Å². The smallest absolute Gasteiger partial charge is 0.350 e. The number of thiazole rings is 1. The SMILES string of the molecule is Cc1nc(-c2ccsc2)sc1C(=O)OC(C)c1ccc(F)cc1. The van der Waals surface area contributed by atoms with Crippen molar-refractivity contribution in [2.24, 2.45) is 0 Å². The molecule has 2 heterocycles. The number of hydrogen-bond donors (Lipinski definition) is 0. The van der Waals surface area contributed by atoms with Crippen molar-refractivity contribution < 1.29 is 13.9 Å². The second kappa shape index (κ2) is 6.60. The number of hydrogen-bond acceptors (Lipinski definition) is 5. The molecule has 0 aliphatic carbocycles. The summed E-state index contributed by atoms with van der Waals surface area (Å²) >= 11 is 2.91. The first-order valence-corrected chi connectivity index (χ1v) is 8.77. The molecule has 3 nitrogen and oxygen atoms in total. The molecule has 0 bridgehead atoms. The van der Waals surface area contributed by atoms with Crippen molar-refractivity contribution in [1.29, 1.82) is 0 Å². The number of rotatable bonds is 4. The van der Waals surface area contributed by atoms with Crippen LogP contribution in [-0.4, -0.2) is 11.0 Å². The Balaban J connectivity index is 1.77. The summed E-state index contributed by atoms with van der Waals surface area (Å²) < 4.78 is 18.4. The zero-order chi connectivity index (χ0) is 16.4. The fraction of sp³-hybridized carbons (Fsp3) is 0.176. The van der Waals surface area contributed by atoms with Crippen molar-refractivity contribution in [3.05, 3.63) is 63.0 Å². The van der Waals surface area contributed by atoms with Gasteiger partial charge in [-0.1, -0.05) is 12.1 Å². The van der Waals surface area contributed by atoms with E-state index in [0.29, 0.717) is 10.6 Å². The lowest BCUT2D eigenvalue weighted by Crippen LogP contribution is -2.09. The Morgan fingerprint density at radius 1 is 1.26 bits per heavy atom. The molecule has 0 radical (unpaired) electrons. The summed E-state index contributed by atoms with van der Waals surface area (Å²) in [4.78, 5) is 17.3. The second-order valence-corrected chi connectivity index (χ2v) is 6.82. The number of carbonyl (C=O) groups is 1. The van der Waals surface area contributed by atoms with Crippen molar-refractivity contribution in [1.82, 2.24) is 4.98 Å². The Morgan fingerprint density at radius 3 is 2.65 bits per heavy atom. The summed E-state index contributed by atoms with van der Waals surface area (Å²) in [6.07, 6.45) is -0.450. The van der Waals surface area contributed by atoms with E-state index in [4.69, 9.17) is 4.74 Å². The van der Waals surface area contributed by atoms with Crippen LogP contribution in [0.3, 0.4) is 0 Å². The molecule has 1 atom stereocenters. The van der Waals surface area contributed by atoms with Gasteiger partial charge in [-0.2, -0.15) is 11.3 Å². The maximum absolute atomic E-state index is 13.0. The number of thiophene rings is 1. The number of esters is 1. The van der Waals surface area contributed by atoms with Gasteiger partial charge in [0.1, 0.15) is 21.8 Å². The summed E-state index contributed by atoms with van der Waals surface area (Å²) in [5, 5.41) is 4.78. The maximum Gasteiger partial charge on any atom is 0.350 e. The molecular weight excluding hydrogens is 333 g/mol. The predicted molar refractivity (Wildman–Crippen MR) is 90.4 cm³/mol. The van der Waals surface area contributed by atoms with Crippen molar-refractivity contribution in [3.63, 3.8) is 0 Å². The molecule has 3 aromatic rings. The first kappa shape index (κ1) is 15.8. The van der Waals surface area contributed by atoms with Crippen LogP contribution in [0.2, 0.25) is 0 Å². The van der Waals surface area contributed by atoms with E-state index in [-0.39, 0.29) is 5.82 Å². The third-order valence-electron chi connectivity index (χ3n) is 3.37. The minimum absolute atomic E-state index is 0.314. The quantitative estimate of drug-likeness (QED) is 0.606. The second-order valence-electron chi connectivity index (χ2n) is 5.04. The molecule has 0 saturated carbocycles. The van der Waals surface area contributed by atoms with Gasteiger partial charge in [0.2, 0.25) is 0 Å². The number of aromatic nitrogens is 1. The topological polar surface area (TPSA) is 39.2 Å². The fourth-order valence-electron chi connectivity index (χ4n) is 2.11. The van der Waals surface area contributed by atoms with Gasteiger partial charge in [0.25, 0.3) is 0 Å². The number of carbonyl (C=O) groups excluding carboxylic acids is 1. The molecule has 0 N–H and O–H groups in total. The third-order valence-corrected chi connectivity index (χ3v) is 5.24. The molecule has 0 amide bonds. The lowest BCUT2D eigenvalue weighted by Gasteiger charge is -2.13. The Morgan fingerprint density at radius 2 is 2.00 bits per heavy atom. The molecule has 0 spiro atoms. The van der Waals surface area contributed by atoms with Crippen LogP contribution in [0.25, 0.3) is 10.6 Å². The lowest BCUT2D eigenvalue weighted by atomic mass is 10.1. The van der Waals surface area contributed by atoms with Gasteiger partial charge >= 0.3 is 5.97 Å². The Labute approximate surface area is 141 Å². The standard InChI is InChI=1S/C17H14FNO2S2/c1-10-15(23-16(19-10)13-7-8-22-9-13)17(20)21-11(2)12-3-5-14(18)6-4-12/h3-9,11H,1-2H3. The highest BCUT2D eigenvalue weighted by molar-refractivity contribution is 7.17. The van der Waals surface area contributed by atoms with E-state index in [0.717, 1.165) is 16.1 Å². The van der Waals surface area contributed by atoms with E-state index >= 15 is 0 Å².